The van der Waals surface area contributed by atoms with Gasteiger partial charge in [0.15, 0.2) is 6.61 Å². The fraction of sp³-hybridized carbons (Fsp3) is 0.0714. The molecule has 0 spiro atoms. The van der Waals surface area contributed by atoms with Crippen LogP contribution in [-0.4, -0.2) is 21.3 Å². The van der Waals surface area contributed by atoms with E-state index in [0.29, 0.717) is 17.5 Å². The lowest BCUT2D eigenvalue weighted by molar-refractivity contribution is 0.0697. The number of rotatable bonds is 5. The number of carboxylic acids is 1. The first-order valence-electron chi connectivity index (χ1n) is 6.05. The van der Waals surface area contributed by atoms with Gasteiger partial charge in [-0.1, -0.05) is 6.07 Å². The van der Waals surface area contributed by atoms with Crippen molar-refractivity contribution in [1.29, 1.82) is 0 Å². The van der Waals surface area contributed by atoms with Gasteiger partial charge in [-0.3, -0.25) is 0 Å². The van der Waals surface area contributed by atoms with Crippen LogP contribution >= 0.6 is 11.3 Å². The van der Waals surface area contributed by atoms with Crippen molar-refractivity contribution < 1.29 is 19.1 Å². The second kappa shape index (κ2) is 5.76. The summed E-state index contributed by atoms with van der Waals surface area (Å²) in [5.74, 6) is 0.389. The minimum absolute atomic E-state index is 0.130. The van der Waals surface area contributed by atoms with Crippen LogP contribution in [0.5, 0.6) is 5.75 Å². The quantitative estimate of drug-likeness (QED) is 0.779. The number of thiophene rings is 1. The summed E-state index contributed by atoms with van der Waals surface area (Å²) in [7, 11) is 0. The molecule has 2 heterocycles. The summed E-state index contributed by atoms with van der Waals surface area (Å²) in [6, 6.07) is 9.92. The third-order valence-electron chi connectivity index (χ3n) is 2.66. The third-order valence-corrected chi connectivity index (χ3v) is 3.52. The molecule has 0 saturated carbocycles. The van der Waals surface area contributed by atoms with Gasteiger partial charge in [0.2, 0.25) is 0 Å². The van der Waals surface area contributed by atoms with Crippen LogP contribution in [-0.2, 0) is 6.61 Å². The topological polar surface area (TPSA) is 85.5 Å². The molecule has 0 saturated heterocycles. The second-order valence-electron chi connectivity index (χ2n) is 4.10. The highest BCUT2D eigenvalue weighted by atomic mass is 32.1. The highest BCUT2D eigenvalue weighted by molar-refractivity contribution is 7.13. The molecule has 106 valence electrons. The monoisotopic (exact) mass is 302 g/mol. The lowest BCUT2D eigenvalue weighted by atomic mass is 10.2. The number of nitrogens with zero attached hydrogens (tertiary/aromatic N) is 2. The summed E-state index contributed by atoms with van der Waals surface area (Å²) in [6.07, 6.45) is 0. The molecule has 21 heavy (non-hydrogen) atoms. The van der Waals surface area contributed by atoms with Crippen LogP contribution in [0.25, 0.3) is 10.8 Å². The smallest absolute Gasteiger partial charge is 0.335 e. The van der Waals surface area contributed by atoms with Crippen molar-refractivity contribution in [3.05, 3.63) is 53.2 Å². The molecule has 3 rings (SSSR count). The van der Waals surface area contributed by atoms with E-state index < -0.39 is 5.97 Å². The zero-order valence-corrected chi connectivity index (χ0v) is 11.5. The Morgan fingerprint density at radius 2 is 2.05 bits per heavy atom. The molecule has 7 heteroatoms. The zero-order chi connectivity index (χ0) is 14.7. The maximum absolute atomic E-state index is 10.7. The van der Waals surface area contributed by atoms with Gasteiger partial charge < -0.3 is 14.3 Å². The predicted octanol–water partition coefficient (Wildman–Crippen LogP) is 3.08. The van der Waals surface area contributed by atoms with Crippen molar-refractivity contribution in [2.75, 3.05) is 0 Å². The fourth-order valence-corrected chi connectivity index (χ4v) is 2.29. The first-order chi connectivity index (χ1) is 10.2. The van der Waals surface area contributed by atoms with Gasteiger partial charge in [-0.25, -0.2) is 4.79 Å². The Kier molecular flexibility index (Phi) is 3.65. The Morgan fingerprint density at radius 1 is 1.24 bits per heavy atom. The third kappa shape index (κ3) is 3.09. The van der Waals surface area contributed by atoms with Crippen LogP contribution in [0.4, 0.5) is 0 Å². The molecule has 0 atom stereocenters. The van der Waals surface area contributed by atoms with Crippen LogP contribution in [0.2, 0.25) is 0 Å². The summed E-state index contributed by atoms with van der Waals surface area (Å²) in [4.78, 5) is 11.6. The Balaban J connectivity index is 1.64. The van der Waals surface area contributed by atoms with Crippen LogP contribution in [0, 0.1) is 0 Å². The van der Waals surface area contributed by atoms with E-state index in [0.717, 1.165) is 4.88 Å². The van der Waals surface area contributed by atoms with Crippen LogP contribution in [0.3, 0.4) is 0 Å². The molecule has 0 aliphatic carbocycles. The number of carboxylic acid groups (broad SMARTS) is 1. The Bertz CT molecular complexity index is 735. The highest BCUT2D eigenvalue weighted by Gasteiger charge is 2.10. The highest BCUT2D eigenvalue weighted by Crippen LogP contribution is 2.23. The van der Waals surface area contributed by atoms with Crippen molar-refractivity contribution in [2.24, 2.45) is 0 Å². The van der Waals surface area contributed by atoms with Crippen LogP contribution in [0.1, 0.15) is 16.2 Å². The number of carbonyl (C=O) groups is 1. The molecule has 6 nitrogen and oxygen atoms in total. The first kappa shape index (κ1) is 13.3. The SMILES string of the molecule is O=C(O)c1ccc(OCc2nnc(-c3cccs3)o2)cc1. The maximum Gasteiger partial charge on any atom is 0.335 e. The average Bonchev–Trinajstić information content (AvgIpc) is 3.16. The van der Waals surface area contributed by atoms with E-state index in [-0.39, 0.29) is 12.2 Å². The molecule has 0 aliphatic rings. The predicted molar refractivity (Wildman–Crippen MR) is 75.3 cm³/mol. The van der Waals surface area contributed by atoms with E-state index in [1.165, 1.54) is 23.5 Å². The molecule has 1 aromatic carbocycles. The van der Waals surface area contributed by atoms with Gasteiger partial charge in [0.25, 0.3) is 11.8 Å². The number of ether oxygens (including phenoxy) is 1. The average molecular weight is 302 g/mol. The summed E-state index contributed by atoms with van der Waals surface area (Å²) in [6.45, 7) is 0.130. The van der Waals surface area contributed by atoms with E-state index in [4.69, 9.17) is 14.3 Å². The second-order valence-corrected chi connectivity index (χ2v) is 5.04. The normalized spacial score (nSPS) is 10.5. The van der Waals surface area contributed by atoms with Gasteiger partial charge in [0, 0.05) is 0 Å². The van der Waals surface area contributed by atoms with E-state index in [9.17, 15) is 4.79 Å². The number of aromatic nitrogens is 2. The molecule has 0 fully saturated rings. The molecular weight excluding hydrogens is 292 g/mol. The Hall–Kier alpha value is -2.67. The van der Waals surface area contributed by atoms with Crippen molar-refractivity contribution in [3.8, 4) is 16.5 Å². The lowest BCUT2D eigenvalue weighted by Crippen LogP contribution is -1.98. The van der Waals surface area contributed by atoms with Crippen molar-refractivity contribution in [1.82, 2.24) is 10.2 Å². The Labute approximate surface area is 123 Å². The molecule has 3 aromatic rings. The van der Waals surface area contributed by atoms with Crippen LogP contribution < -0.4 is 4.74 Å². The van der Waals surface area contributed by atoms with Crippen molar-refractivity contribution in [3.63, 3.8) is 0 Å². The van der Waals surface area contributed by atoms with Gasteiger partial charge in [0.05, 0.1) is 10.4 Å². The van der Waals surface area contributed by atoms with E-state index in [1.54, 1.807) is 12.1 Å². The molecule has 0 amide bonds. The largest absolute Gasteiger partial charge is 0.484 e. The van der Waals surface area contributed by atoms with E-state index >= 15 is 0 Å². The number of aromatic carboxylic acids is 1. The minimum Gasteiger partial charge on any atom is -0.484 e. The van der Waals surface area contributed by atoms with Crippen molar-refractivity contribution in [2.45, 2.75) is 6.61 Å². The maximum atomic E-state index is 10.7. The van der Waals surface area contributed by atoms with Gasteiger partial charge in [-0.2, -0.15) is 0 Å². The van der Waals surface area contributed by atoms with Gasteiger partial charge in [-0.15, -0.1) is 21.5 Å². The summed E-state index contributed by atoms with van der Waals surface area (Å²) in [5, 5.41) is 18.6. The molecular formula is C14H10N2O4S. The number of hydrogen-bond donors (Lipinski definition) is 1. The standard InChI is InChI=1S/C14H10N2O4S/c17-14(18)9-3-5-10(6-4-9)19-8-12-15-16-13(20-12)11-2-1-7-21-11/h1-7H,8H2,(H,17,18). The van der Waals surface area contributed by atoms with Crippen LogP contribution in [0.15, 0.2) is 46.2 Å². The van der Waals surface area contributed by atoms with Crippen molar-refractivity contribution >= 4 is 17.3 Å². The first-order valence-corrected chi connectivity index (χ1v) is 6.93. The number of benzene rings is 1. The lowest BCUT2D eigenvalue weighted by Gasteiger charge is -2.03. The molecule has 2 aromatic heterocycles. The van der Waals surface area contributed by atoms with E-state index in [1.807, 2.05) is 17.5 Å². The molecule has 0 bridgehead atoms. The summed E-state index contributed by atoms with van der Waals surface area (Å²) < 4.78 is 11.0. The Morgan fingerprint density at radius 3 is 2.71 bits per heavy atom. The van der Waals surface area contributed by atoms with Gasteiger partial charge >= 0.3 is 5.97 Å². The molecule has 1 N–H and O–H groups in total. The molecule has 0 aliphatic heterocycles. The molecule has 0 unspecified atom stereocenters. The summed E-state index contributed by atoms with van der Waals surface area (Å²) in [5.41, 5.74) is 0.208. The fourth-order valence-electron chi connectivity index (χ4n) is 1.65. The molecule has 0 radical (unpaired) electrons. The summed E-state index contributed by atoms with van der Waals surface area (Å²) >= 11 is 1.52. The number of hydrogen-bond acceptors (Lipinski definition) is 6. The van der Waals surface area contributed by atoms with Gasteiger partial charge in [-0.05, 0) is 35.7 Å². The van der Waals surface area contributed by atoms with Gasteiger partial charge in [0.1, 0.15) is 5.75 Å². The minimum atomic E-state index is -0.973. The van der Waals surface area contributed by atoms with E-state index in [2.05, 4.69) is 10.2 Å². The zero-order valence-electron chi connectivity index (χ0n) is 10.7.